The summed E-state index contributed by atoms with van der Waals surface area (Å²) in [5.41, 5.74) is 0.794. The predicted octanol–water partition coefficient (Wildman–Crippen LogP) is 2.86. The third-order valence-corrected chi connectivity index (χ3v) is 8.44. The second kappa shape index (κ2) is 8.41. The molecule has 1 spiro atoms. The van der Waals surface area contributed by atoms with Crippen LogP contribution in [0, 0.1) is 11.3 Å². The van der Waals surface area contributed by atoms with Crippen molar-refractivity contribution < 1.29 is 21.2 Å². The van der Waals surface area contributed by atoms with Gasteiger partial charge in [-0.25, -0.2) is 0 Å². The van der Waals surface area contributed by atoms with Gasteiger partial charge in [0, 0.05) is 0 Å². The Morgan fingerprint density at radius 3 is 2.55 bits per heavy atom. The number of halogens is 1. The number of hydrogen-bond acceptors (Lipinski definition) is 0. The molecule has 0 aliphatic heterocycles. The minimum absolute atomic E-state index is 0.284. The third-order valence-electron chi connectivity index (χ3n) is 5.04. The molecule has 0 N–H and O–H groups in total. The van der Waals surface area contributed by atoms with Crippen molar-refractivity contribution in [3.05, 3.63) is 34.0 Å². The molecule has 2 saturated carbocycles. The summed E-state index contributed by atoms with van der Waals surface area (Å²) in [6, 6.07) is 0. The summed E-state index contributed by atoms with van der Waals surface area (Å²) in [6.07, 6.45) is 23.0. The van der Waals surface area contributed by atoms with E-state index in [1.807, 2.05) is 3.58 Å². The van der Waals surface area contributed by atoms with Gasteiger partial charge in [0.2, 0.25) is 0 Å². The van der Waals surface area contributed by atoms with Crippen LogP contribution in [-0.2, 0) is 0 Å². The van der Waals surface area contributed by atoms with Gasteiger partial charge in [-0.3, -0.25) is 0 Å². The van der Waals surface area contributed by atoms with Crippen LogP contribution in [0.2, 0.25) is 0 Å². The van der Waals surface area contributed by atoms with Crippen LogP contribution in [0.1, 0.15) is 65.2 Å². The SMILES string of the molecule is C\C=C/C=C/C=C(\C[C@@H]1CCC12CCCC2)[I-]CCC. The maximum atomic E-state index is 2.45. The molecule has 2 fully saturated rings. The Hall–Kier alpha value is -0.0500. The van der Waals surface area contributed by atoms with E-state index >= 15 is 0 Å². The van der Waals surface area contributed by atoms with Gasteiger partial charge in [0.15, 0.2) is 0 Å². The first-order valence-electron chi connectivity index (χ1n) is 8.38. The summed E-state index contributed by atoms with van der Waals surface area (Å²) in [4.78, 5) is 0. The standard InChI is InChI=1S/C19H30I/c1-3-5-6-7-10-18(20-15-4-2)16-17-11-14-19(17)12-8-9-13-19/h3,5-7,10,17H,4,8-9,11-16H2,1-2H3/q-1/b5-3-,7-6+,18-10+/t17-/m0/s1. The summed E-state index contributed by atoms with van der Waals surface area (Å²) in [7, 11) is 0. The first-order chi connectivity index (χ1) is 9.80. The van der Waals surface area contributed by atoms with Crippen LogP contribution in [0.5, 0.6) is 0 Å². The zero-order valence-electron chi connectivity index (χ0n) is 13.2. The average molecular weight is 385 g/mol. The third kappa shape index (κ3) is 4.22. The Balaban J connectivity index is 1.93. The first kappa shape index (κ1) is 16.3. The van der Waals surface area contributed by atoms with E-state index in [0.29, 0.717) is 0 Å². The fourth-order valence-electron chi connectivity index (χ4n) is 3.77. The van der Waals surface area contributed by atoms with Crippen molar-refractivity contribution in [1.29, 1.82) is 0 Å². The molecular formula is C19H30I-. The second-order valence-electron chi connectivity index (χ2n) is 6.36. The van der Waals surface area contributed by atoms with E-state index in [4.69, 9.17) is 0 Å². The number of alkyl halides is 1. The molecular weight excluding hydrogens is 355 g/mol. The van der Waals surface area contributed by atoms with E-state index in [0.717, 1.165) is 11.3 Å². The van der Waals surface area contributed by atoms with E-state index in [1.54, 1.807) is 0 Å². The van der Waals surface area contributed by atoms with Crippen molar-refractivity contribution in [3.63, 3.8) is 0 Å². The number of hydrogen-bond donors (Lipinski definition) is 0. The van der Waals surface area contributed by atoms with Crippen LogP contribution in [0.3, 0.4) is 0 Å². The Labute approximate surface area is 136 Å². The van der Waals surface area contributed by atoms with E-state index < -0.39 is 0 Å². The Bertz CT molecular complexity index is 369. The van der Waals surface area contributed by atoms with Crippen LogP contribution in [-0.4, -0.2) is 4.43 Å². The topological polar surface area (TPSA) is 0 Å². The van der Waals surface area contributed by atoms with Gasteiger partial charge in [0.1, 0.15) is 0 Å². The van der Waals surface area contributed by atoms with E-state index in [-0.39, 0.29) is 21.2 Å². The van der Waals surface area contributed by atoms with Gasteiger partial charge in [0.25, 0.3) is 0 Å². The van der Waals surface area contributed by atoms with E-state index in [2.05, 4.69) is 44.2 Å². The molecule has 0 heterocycles. The normalized spacial score (nSPS) is 26.1. The molecule has 0 radical (unpaired) electrons. The zero-order chi connectivity index (χ0) is 14.3. The van der Waals surface area contributed by atoms with E-state index in [9.17, 15) is 0 Å². The van der Waals surface area contributed by atoms with Crippen LogP contribution in [0.25, 0.3) is 0 Å². The summed E-state index contributed by atoms with van der Waals surface area (Å²) in [5, 5.41) is 0. The fourth-order valence-corrected chi connectivity index (χ4v) is 6.30. The Morgan fingerprint density at radius 2 is 1.95 bits per heavy atom. The molecule has 0 bridgehead atoms. The van der Waals surface area contributed by atoms with Crippen molar-refractivity contribution in [2.45, 2.75) is 65.2 Å². The van der Waals surface area contributed by atoms with Crippen molar-refractivity contribution in [2.75, 3.05) is 4.43 Å². The Kier molecular flexibility index (Phi) is 6.86. The molecule has 0 amide bonds. The molecule has 0 saturated heterocycles. The molecule has 0 aromatic heterocycles. The van der Waals surface area contributed by atoms with Gasteiger partial charge in [-0.1, -0.05) is 0 Å². The Morgan fingerprint density at radius 1 is 1.15 bits per heavy atom. The summed E-state index contributed by atoms with van der Waals surface area (Å²) in [6.45, 7) is 4.41. The van der Waals surface area contributed by atoms with Crippen molar-refractivity contribution >= 4 is 0 Å². The summed E-state index contributed by atoms with van der Waals surface area (Å²) >= 11 is 0.284. The van der Waals surface area contributed by atoms with Crippen molar-refractivity contribution in [3.8, 4) is 0 Å². The van der Waals surface area contributed by atoms with Crippen LogP contribution >= 0.6 is 0 Å². The summed E-state index contributed by atoms with van der Waals surface area (Å²) in [5.74, 6) is 1.03. The predicted molar refractivity (Wildman–Crippen MR) is 85.4 cm³/mol. The zero-order valence-corrected chi connectivity index (χ0v) is 15.4. The maximum absolute atomic E-state index is 2.45. The van der Waals surface area contributed by atoms with Gasteiger partial charge in [-0.05, 0) is 0 Å². The molecule has 2 aliphatic carbocycles. The van der Waals surface area contributed by atoms with Gasteiger partial charge in [-0.2, -0.15) is 0 Å². The van der Waals surface area contributed by atoms with Gasteiger partial charge in [0.05, 0.1) is 0 Å². The second-order valence-corrected chi connectivity index (χ2v) is 9.58. The monoisotopic (exact) mass is 385 g/mol. The molecule has 2 aliphatic rings. The van der Waals surface area contributed by atoms with Gasteiger partial charge in [-0.15, -0.1) is 0 Å². The van der Waals surface area contributed by atoms with Crippen LogP contribution in [0.4, 0.5) is 0 Å². The fraction of sp³-hybridized carbons (Fsp3) is 0.684. The van der Waals surface area contributed by atoms with Gasteiger partial charge < -0.3 is 0 Å². The van der Waals surface area contributed by atoms with Crippen LogP contribution < -0.4 is 21.2 Å². The molecule has 1 atom stereocenters. The molecule has 2 rings (SSSR count). The molecule has 0 nitrogen and oxygen atoms in total. The average Bonchev–Trinajstić information content (AvgIpc) is 2.96. The molecule has 114 valence electrons. The quantitative estimate of drug-likeness (QED) is 0.359. The molecule has 20 heavy (non-hydrogen) atoms. The minimum atomic E-state index is 0.284. The molecule has 0 unspecified atom stereocenters. The number of allylic oxidation sites excluding steroid dienone is 6. The number of rotatable bonds is 7. The van der Waals surface area contributed by atoms with E-state index in [1.165, 1.54) is 55.8 Å². The first-order valence-corrected chi connectivity index (χ1v) is 11.0. The molecule has 1 heteroatoms. The summed E-state index contributed by atoms with van der Waals surface area (Å²) < 4.78 is 3.27. The molecule has 0 aromatic rings. The molecule has 0 aromatic carbocycles. The van der Waals surface area contributed by atoms with Gasteiger partial charge >= 0.3 is 136 Å². The van der Waals surface area contributed by atoms with Crippen molar-refractivity contribution in [1.82, 2.24) is 0 Å². The van der Waals surface area contributed by atoms with Crippen molar-refractivity contribution in [2.24, 2.45) is 11.3 Å². The van der Waals surface area contributed by atoms with Crippen LogP contribution in [0.15, 0.2) is 34.0 Å².